The smallest absolute Gasteiger partial charge is 0.506 e. The van der Waals surface area contributed by atoms with E-state index in [1.807, 2.05) is 72.8 Å². The van der Waals surface area contributed by atoms with Gasteiger partial charge in [0.2, 0.25) is 0 Å². The third-order valence-electron chi connectivity index (χ3n) is 5.03. The van der Waals surface area contributed by atoms with Crippen LogP contribution in [-0.4, -0.2) is 11.3 Å². The van der Waals surface area contributed by atoms with Crippen LogP contribution in [0.4, 0.5) is 4.79 Å². The first kappa shape index (κ1) is 20.0. The van der Waals surface area contributed by atoms with E-state index in [-0.39, 0.29) is 5.75 Å². The average molecular weight is 439 g/mol. The summed E-state index contributed by atoms with van der Waals surface area (Å²) in [6.45, 7) is 0. The van der Waals surface area contributed by atoms with E-state index in [2.05, 4.69) is 0 Å². The van der Waals surface area contributed by atoms with Gasteiger partial charge in [0.05, 0.1) is 4.90 Å². The molecule has 32 heavy (non-hydrogen) atoms. The monoisotopic (exact) mass is 438 g/mol. The highest BCUT2D eigenvalue weighted by molar-refractivity contribution is 7.99. The predicted octanol–water partition coefficient (Wildman–Crippen LogP) is 7.43. The van der Waals surface area contributed by atoms with E-state index in [4.69, 9.17) is 9.47 Å². The van der Waals surface area contributed by atoms with Crippen LogP contribution >= 0.6 is 11.8 Å². The van der Waals surface area contributed by atoms with Crippen LogP contribution in [0.5, 0.6) is 17.2 Å². The summed E-state index contributed by atoms with van der Waals surface area (Å²) in [6.07, 6.45) is -0.841. The Morgan fingerprint density at radius 1 is 0.688 bits per heavy atom. The Morgan fingerprint density at radius 3 is 2.19 bits per heavy atom. The quantitative estimate of drug-likeness (QED) is 0.234. The van der Waals surface area contributed by atoms with E-state index in [0.29, 0.717) is 27.2 Å². The zero-order valence-corrected chi connectivity index (χ0v) is 17.7. The Balaban J connectivity index is 1.45. The van der Waals surface area contributed by atoms with Gasteiger partial charge in [0.1, 0.15) is 17.2 Å². The fourth-order valence-electron chi connectivity index (χ4n) is 3.52. The topological polar surface area (TPSA) is 55.8 Å². The summed E-state index contributed by atoms with van der Waals surface area (Å²) in [4.78, 5) is 14.1. The summed E-state index contributed by atoms with van der Waals surface area (Å²) in [5.41, 5.74) is 0. The Labute approximate surface area is 189 Å². The molecule has 5 rings (SSSR count). The minimum Gasteiger partial charge on any atom is -0.506 e. The maximum Gasteiger partial charge on any atom is 0.519 e. The van der Waals surface area contributed by atoms with Crippen molar-refractivity contribution in [1.29, 1.82) is 0 Å². The van der Waals surface area contributed by atoms with Gasteiger partial charge in [0, 0.05) is 15.7 Å². The SMILES string of the molecule is O=C(Oc1ccc2ccccc2c1)Oc1cc(Sc2ccccc2)c(O)c2ccccc12. The van der Waals surface area contributed by atoms with Crippen molar-refractivity contribution < 1.29 is 19.4 Å². The first-order chi connectivity index (χ1) is 15.7. The minimum atomic E-state index is -0.841. The highest BCUT2D eigenvalue weighted by Gasteiger charge is 2.17. The largest absolute Gasteiger partial charge is 0.519 e. The summed E-state index contributed by atoms with van der Waals surface area (Å²) in [5, 5.41) is 14.1. The van der Waals surface area contributed by atoms with Crippen LogP contribution in [0.2, 0.25) is 0 Å². The van der Waals surface area contributed by atoms with Gasteiger partial charge in [-0.3, -0.25) is 0 Å². The van der Waals surface area contributed by atoms with Gasteiger partial charge >= 0.3 is 6.16 Å². The number of aromatic hydroxyl groups is 1. The normalized spacial score (nSPS) is 10.9. The second kappa shape index (κ2) is 8.65. The lowest BCUT2D eigenvalue weighted by Crippen LogP contribution is -2.14. The summed E-state index contributed by atoms with van der Waals surface area (Å²) in [5.74, 6) is 0.864. The van der Waals surface area contributed by atoms with Crippen molar-refractivity contribution in [3.8, 4) is 17.2 Å². The number of carbonyl (C=O) groups is 1. The second-order valence-corrected chi connectivity index (χ2v) is 8.26. The molecule has 0 aliphatic carbocycles. The average Bonchev–Trinajstić information content (AvgIpc) is 2.82. The number of rotatable bonds is 4. The molecule has 1 N–H and O–H groups in total. The number of benzene rings is 5. The van der Waals surface area contributed by atoms with Gasteiger partial charge in [-0.05, 0) is 41.1 Å². The van der Waals surface area contributed by atoms with Crippen molar-refractivity contribution in [2.24, 2.45) is 0 Å². The molecule has 0 heterocycles. The van der Waals surface area contributed by atoms with E-state index < -0.39 is 6.16 Å². The molecule has 0 saturated heterocycles. The lowest BCUT2D eigenvalue weighted by Gasteiger charge is -2.13. The molecular formula is C27H18O4S. The molecule has 0 bridgehead atoms. The molecule has 0 amide bonds. The van der Waals surface area contributed by atoms with Crippen LogP contribution < -0.4 is 9.47 Å². The molecule has 0 saturated carbocycles. The Hall–Kier alpha value is -3.96. The van der Waals surface area contributed by atoms with Gasteiger partial charge < -0.3 is 14.6 Å². The van der Waals surface area contributed by atoms with E-state index in [0.717, 1.165) is 15.7 Å². The van der Waals surface area contributed by atoms with Crippen LogP contribution in [0.3, 0.4) is 0 Å². The maximum atomic E-state index is 12.6. The number of fused-ring (bicyclic) bond motifs is 2. The van der Waals surface area contributed by atoms with E-state index >= 15 is 0 Å². The Morgan fingerprint density at radius 2 is 1.38 bits per heavy atom. The summed E-state index contributed by atoms with van der Waals surface area (Å²) < 4.78 is 11.0. The van der Waals surface area contributed by atoms with Gasteiger partial charge in [-0.25, -0.2) is 4.79 Å². The van der Waals surface area contributed by atoms with Gasteiger partial charge in [-0.1, -0.05) is 84.6 Å². The summed E-state index contributed by atoms with van der Waals surface area (Å²) in [6, 6.07) is 31.9. The lowest BCUT2D eigenvalue weighted by molar-refractivity contribution is 0.152. The standard InChI is InChI=1S/C27H18O4S/c28-26-23-13-7-6-12-22(23)24(17-25(26)32-21-10-2-1-3-11-21)31-27(29)30-20-15-14-18-8-4-5-9-19(18)16-20/h1-17,28H. The van der Waals surface area contributed by atoms with Gasteiger partial charge in [-0.15, -0.1) is 0 Å². The zero-order valence-electron chi connectivity index (χ0n) is 16.9. The lowest BCUT2D eigenvalue weighted by atomic mass is 10.1. The van der Waals surface area contributed by atoms with Crippen LogP contribution in [-0.2, 0) is 0 Å². The molecule has 156 valence electrons. The van der Waals surface area contributed by atoms with E-state index in [9.17, 15) is 9.90 Å². The van der Waals surface area contributed by atoms with Crippen molar-refractivity contribution in [2.75, 3.05) is 0 Å². The molecule has 0 aliphatic heterocycles. The van der Waals surface area contributed by atoms with Crippen molar-refractivity contribution in [1.82, 2.24) is 0 Å². The number of carbonyl (C=O) groups excluding carboxylic acids is 1. The highest BCUT2D eigenvalue weighted by Crippen LogP contribution is 2.43. The van der Waals surface area contributed by atoms with Crippen molar-refractivity contribution in [3.63, 3.8) is 0 Å². The molecule has 0 aromatic heterocycles. The minimum absolute atomic E-state index is 0.143. The van der Waals surface area contributed by atoms with Crippen LogP contribution in [0.25, 0.3) is 21.5 Å². The number of hydrogen-bond donors (Lipinski definition) is 1. The number of ether oxygens (including phenoxy) is 2. The molecule has 0 spiro atoms. The van der Waals surface area contributed by atoms with E-state index in [1.165, 1.54) is 11.8 Å². The van der Waals surface area contributed by atoms with Crippen LogP contribution in [0.1, 0.15) is 0 Å². The Kier molecular flexibility index (Phi) is 5.40. The summed E-state index contributed by atoms with van der Waals surface area (Å²) in [7, 11) is 0. The molecule has 0 atom stereocenters. The molecule has 0 fully saturated rings. The fourth-order valence-corrected chi connectivity index (χ4v) is 4.44. The predicted molar refractivity (Wildman–Crippen MR) is 127 cm³/mol. The third-order valence-corrected chi connectivity index (χ3v) is 6.07. The highest BCUT2D eigenvalue weighted by atomic mass is 32.2. The first-order valence-corrected chi connectivity index (χ1v) is 10.8. The van der Waals surface area contributed by atoms with Crippen molar-refractivity contribution in [3.05, 3.63) is 103 Å². The molecule has 0 unspecified atom stereocenters. The zero-order chi connectivity index (χ0) is 21.9. The number of hydrogen-bond acceptors (Lipinski definition) is 5. The van der Waals surface area contributed by atoms with Crippen LogP contribution in [0, 0.1) is 0 Å². The Bertz CT molecular complexity index is 1430. The summed E-state index contributed by atoms with van der Waals surface area (Å²) >= 11 is 1.39. The molecule has 5 heteroatoms. The molecule has 5 aromatic rings. The fraction of sp³-hybridized carbons (Fsp3) is 0. The first-order valence-electron chi connectivity index (χ1n) is 10.0. The van der Waals surface area contributed by atoms with Crippen molar-refractivity contribution >= 4 is 39.5 Å². The van der Waals surface area contributed by atoms with Gasteiger partial charge in [-0.2, -0.15) is 0 Å². The van der Waals surface area contributed by atoms with Crippen molar-refractivity contribution in [2.45, 2.75) is 9.79 Å². The molecule has 0 aliphatic rings. The third kappa shape index (κ3) is 4.11. The number of phenolic OH excluding ortho intramolecular Hbond substituents is 1. The molecule has 4 nitrogen and oxygen atoms in total. The molecule has 0 radical (unpaired) electrons. The van der Waals surface area contributed by atoms with Gasteiger partial charge in [0.25, 0.3) is 0 Å². The van der Waals surface area contributed by atoms with Crippen LogP contribution in [0.15, 0.2) is 113 Å². The van der Waals surface area contributed by atoms with E-state index in [1.54, 1.807) is 30.3 Å². The maximum absolute atomic E-state index is 12.6. The molecule has 5 aromatic carbocycles. The number of phenols is 1. The second-order valence-electron chi connectivity index (χ2n) is 7.15. The van der Waals surface area contributed by atoms with Gasteiger partial charge in [0.15, 0.2) is 0 Å². The molecular weight excluding hydrogens is 420 g/mol.